The van der Waals surface area contributed by atoms with Crippen molar-refractivity contribution >= 4 is 16.7 Å². The molecule has 2 aromatic heterocycles. The number of piperidine rings is 1. The zero-order valence-electron chi connectivity index (χ0n) is 21.4. The quantitative estimate of drug-likeness (QED) is 0.551. The lowest BCUT2D eigenvalue weighted by Crippen LogP contribution is -2.48. The number of hydrogen-bond acceptors (Lipinski definition) is 8. The Hall–Kier alpha value is -2.78. The number of methoxy groups -OCH3 is 1. The minimum atomic E-state index is -0.405. The molecule has 0 unspecified atom stereocenters. The van der Waals surface area contributed by atoms with Gasteiger partial charge in [0.2, 0.25) is 0 Å². The maximum absolute atomic E-state index is 15.0. The first-order valence-electron chi connectivity index (χ1n) is 12.6. The molecule has 1 aromatic carbocycles. The number of nitrogens with zero attached hydrogens (tertiary/aromatic N) is 4. The van der Waals surface area contributed by atoms with E-state index in [2.05, 4.69) is 20.4 Å². The summed E-state index contributed by atoms with van der Waals surface area (Å²) in [5, 5.41) is 8.46. The van der Waals surface area contributed by atoms with Gasteiger partial charge in [-0.1, -0.05) is 19.0 Å². The van der Waals surface area contributed by atoms with Crippen molar-refractivity contribution in [3.63, 3.8) is 0 Å². The van der Waals surface area contributed by atoms with Crippen LogP contribution in [0.1, 0.15) is 50.9 Å². The highest BCUT2D eigenvalue weighted by Crippen LogP contribution is 2.38. The number of fused-ring (bicyclic) bond motifs is 1. The summed E-state index contributed by atoms with van der Waals surface area (Å²) < 4.78 is 31.3. The zero-order chi connectivity index (χ0) is 24.9. The largest absolute Gasteiger partial charge is 0.497 e. The van der Waals surface area contributed by atoms with Crippen molar-refractivity contribution in [3.05, 3.63) is 29.3 Å². The topological polar surface area (TPSA) is 85.5 Å². The summed E-state index contributed by atoms with van der Waals surface area (Å²) in [4.78, 5) is 11.5. The summed E-state index contributed by atoms with van der Waals surface area (Å²) >= 11 is 0. The van der Waals surface area contributed by atoms with E-state index in [1.165, 1.54) is 13.2 Å². The van der Waals surface area contributed by atoms with E-state index < -0.39 is 5.82 Å². The number of pyridine rings is 1. The number of benzene rings is 1. The van der Waals surface area contributed by atoms with Crippen LogP contribution in [-0.2, 0) is 4.74 Å². The van der Waals surface area contributed by atoms with Crippen LogP contribution in [0.3, 0.4) is 0 Å². The fourth-order valence-corrected chi connectivity index (χ4v) is 4.89. The second-order valence-electron chi connectivity index (χ2n) is 8.90. The van der Waals surface area contributed by atoms with E-state index >= 15 is 0 Å². The fraction of sp³-hybridized carbons (Fsp3) is 0.577. The Morgan fingerprint density at radius 3 is 2.34 bits per heavy atom. The number of aryl methyl sites for hydroxylation is 2. The minimum absolute atomic E-state index is 0.325. The molecular weight excluding hydrogens is 449 g/mol. The predicted octanol–water partition coefficient (Wildman–Crippen LogP) is 4.81. The summed E-state index contributed by atoms with van der Waals surface area (Å²) in [5.74, 6) is 1.69. The first-order valence-corrected chi connectivity index (χ1v) is 12.6. The highest BCUT2D eigenvalue weighted by molar-refractivity contribution is 5.93. The lowest BCUT2D eigenvalue weighted by Gasteiger charge is -2.36. The van der Waals surface area contributed by atoms with Gasteiger partial charge in [-0.15, -0.1) is 0 Å². The number of rotatable bonds is 5. The van der Waals surface area contributed by atoms with Crippen molar-refractivity contribution in [2.75, 3.05) is 38.3 Å². The Labute approximate surface area is 206 Å². The summed E-state index contributed by atoms with van der Waals surface area (Å²) in [7, 11) is 1.53. The summed E-state index contributed by atoms with van der Waals surface area (Å²) in [5.41, 5.74) is 1.93. The average Bonchev–Trinajstić information content (AvgIpc) is 3.32. The third-order valence-corrected chi connectivity index (χ3v) is 6.72. The van der Waals surface area contributed by atoms with Gasteiger partial charge in [-0.05, 0) is 51.2 Å². The van der Waals surface area contributed by atoms with Crippen LogP contribution in [0.4, 0.5) is 10.2 Å². The van der Waals surface area contributed by atoms with E-state index in [-0.39, 0.29) is 0 Å². The van der Waals surface area contributed by atoms with Gasteiger partial charge >= 0.3 is 0 Å². The maximum atomic E-state index is 15.0. The Morgan fingerprint density at radius 1 is 1.03 bits per heavy atom. The van der Waals surface area contributed by atoms with E-state index in [1.807, 2.05) is 20.8 Å². The van der Waals surface area contributed by atoms with Crippen molar-refractivity contribution in [3.8, 4) is 17.2 Å². The van der Waals surface area contributed by atoms with Crippen LogP contribution in [0.2, 0.25) is 0 Å². The van der Waals surface area contributed by atoms with Crippen molar-refractivity contribution in [2.45, 2.75) is 65.5 Å². The zero-order valence-corrected chi connectivity index (χ0v) is 21.4. The van der Waals surface area contributed by atoms with Gasteiger partial charge in [0, 0.05) is 49.8 Å². The summed E-state index contributed by atoms with van der Waals surface area (Å²) in [6.45, 7) is 11.0. The Bertz CT molecular complexity index is 1140. The molecule has 0 amide bonds. The monoisotopic (exact) mass is 485 g/mol. The molecular formula is C26H36FN5O3. The minimum Gasteiger partial charge on any atom is -0.497 e. The van der Waals surface area contributed by atoms with Gasteiger partial charge in [0.05, 0.1) is 12.7 Å². The number of halogens is 1. The first-order chi connectivity index (χ1) is 17.0. The van der Waals surface area contributed by atoms with Crippen molar-refractivity contribution < 1.29 is 18.4 Å². The molecule has 2 saturated heterocycles. The van der Waals surface area contributed by atoms with Gasteiger partial charge in [-0.3, -0.25) is 0 Å². The third-order valence-electron chi connectivity index (χ3n) is 6.72. The SMILES string of the molecule is CC.COc1cc(F)c2nc(N3CCC(NC4CCOCC4)CC3)c(-c3nc(C)no3)c(C)c2c1. The molecule has 35 heavy (non-hydrogen) atoms. The molecule has 2 aliphatic heterocycles. The van der Waals surface area contributed by atoms with Gasteiger partial charge in [0.15, 0.2) is 11.6 Å². The summed E-state index contributed by atoms with van der Waals surface area (Å²) in [6, 6.07) is 4.17. The molecule has 9 heteroatoms. The van der Waals surface area contributed by atoms with Crippen molar-refractivity contribution in [2.24, 2.45) is 0 Å². The Morgan fingerprint density at radius 2 is 1.71 bits per heavy atom. The summed E-state index contributed by atoms with van der Waals surface area (Å²) in [6.07, 6.45) is 4.11. The van der Waals surface area contributed by atoms with Crippen molar-refractivity contribution in [1.29, 1.82) is 0 Å². The van der Waals surface area contributed by atoms with Crippen LogP contribution in [0, 0.1) is 19.7 Å². The van der Waals surface area contributed by atoms with Gasteiger partial charge in [-0.2, -0.15) is 4.98 Å². The predicted molar refractivity (Wildman–Crippen MR) is 135 cm³/mol. The maximum Gasteiger partial charge on any atom is 0.261 e. The normalized spacial score (nSPS) is 17.4. The Kier molecular flexibility index (Phi) is 8.18. The smallest absolute Gasteiger partial charge is 0.261 e. The highest BCUT2D eigenvalue weighted by atomic mass is 19.1. The average molecular weight is 486 g/mol. The van der Waals surface area contributed by atoms with Gasteiger partial charge in [0.1, 0.15) is 17.1 Å². The number of hydrogen-bond donors (Lipinski definition) is 1. The molecule has 0 bridgehead atoms. The molecule has 0 aliphatic carbocycles. The van der Waals surface area contributed by atoms with Crippen LogP contribution in [-0.4, -0.2) is 60.6 Å². The second-order valence-corrected chi connectivity index (χ2v) is 8.90. The lowest BCUT2D eigenvalue weighted by molar-refractivity contribution is 0.0738. The molecule has 2 fully saturated rings. The molecule has 0 radical (unpaired) electrons. The number of anilines is 1. The Balaban J connectivity index is 0.00000141. The second kappa shape index (κ2) is 11.3. The van der Waals surface area contributed by atoms with Crippen LogP contribution in [0.25, 0.3) is 22.4 Å². The van der Waals surface area contributed by atoms with E-state index in [9.17, 15) is 4.39 Å². The van der Waals surface area contributed by atoms with E-state index in [0.717, 1.165) is 63.1 Å². The van der Waals surface area contributed by atoms with E-state index in [4.69, 9.17) is 19.0 Å². The van der Waals surface area contributed by atoms with Crippen LogP contribution >= 0.6 is 0 Å². The molecule has 5 rings (SSSR count). The third kappa shape index (κ3) is 5.41. The molecule has 4 heterocycles. The fourth-order valence-electron chi connectivity index (χ4n) is 4.89. The van der Waals surface area contributed by atoms with E-state index in [0.29, 0.717) is 46.3 Å². The molecule has 8 nitrogen and oxygen atoms in total. The molecule has 0 spiro atoms. The van der Waals surface area contributed by atoms with Gasteiger partial charge in [0.25, 0.3) is 5.89 Å². The molecule has 1 N–H and O–H groups in total. The van der Waals surface area contributed by atoms with Gasteiger partial charge < -0.3 is 24.2 Å². The van der Waals surface area contributed by atoms with E-state index in [1.54, 1.807) is 13.0 Å². The van der Waals surface area contributed by atoms with Gasteiger partial charge in [-0.25, -0.2) is 9.37 Å². The van der Waals surface area contributed by atoms with Crippen LogP contribution < -0.4 is 15.0 Å². The molecule has 2 aliphatic rings. The number of aromatic nitrogens is 3. The standard InChI is InChI=1S/C24H30FN5O3.C2H6/c1-14-19-12-18(31-3)13-20(25)22(19)28-23(21(14)24-26-15(2)29-33-24)30-8-4-16(5-9-30)27-17-6-10-32-11-7-17;1-2/h12-13,16-17,27H,4-11H2,1-3H3;1-2H3. The lowest BCUT2D eigenvalue weighted by atomic mass is 9.99. The molecule has 190 valence electrons. The molecule has 0 atom stereocenters. The van der Waals surface area contributed by atoms with Crippen LogP contribution in [0.5, 0.6) is 5.75 Å². The van der Waals surface area contributed by atoms with Crippen molar-refractivity contribution in [1.82, 2.24) is 20.4 Å². The molecule has 3 aromatic rings. The first kappa shape index (κ1) is 25.3. The number of nitrogens with one attached hydrogen (secondary N) is 1. The van der Waals surface area contributed by atoms with Crippen LogP contribution in [0.15, 0.2) is 16.7 Å². The highest BCUT2D eigenvalue weighted by Gasteiger charge is 2.28. The molecule has 0 saturated carbocycles. The number of ether oxygens (including phenoxy) is 2.